The van der Waals surface area contributed by atoms with E-state index in [1.54, 1.807) is 0 Å². The molecule has 0 bridgehead atoms. The van der Waals surface area contributed by atoms with Gasteiger partial charge in [-0.3, -0.25) is 0 Å². The summed E-state index contributed by atoms with van der Waals surface area (Å²) in [6.45, 7) is 5.25. The monoisotopic (exact) mass is 254 g/mol. The quantitative estimate of drug-likeness (QED) is 0.829. The van der Waals surface area contributed by atoms with Crippen LogP contribution in [0.4, 0.5) is 0 Å². The maximum Gasteiger partial charge on any atom is 0.227 e. The smallest absolute Gasteiger partial charge is 0.227 e. The summed E-state index contributed by atoms with van der Waals surface area (Å²) < 4.78 is 10.9. The molecule has 2 rings (SSSR count). The zero-order valence-corrected chi connectivity index (χ0v) is 11.1. The fourth-order valence-corrected chi connectivity index (χ4v) is 2.06. The molecule has 102 valence electrons. The van der Waals surface area contributed by atoms with Crippen LogP contribution in [0.15, 0.2) is 4.52 Å². The van der Waals surface area contributed by atoms with E-state index in [2.05, 4.69) is 29.0 Å². The van der Waals surface area contributed by atoms with Gasteiger partial charge in [-0.2, -0.15) is 4.98 Å². The standard InChI is InChI=1S/C12H22N4O2/c1-3-9(7-13)6-11-14-12(15-18-11)10-8-16(2)4-5-17-10/h9-10H,3-8,13H2,1-2H3. The van der Waals surface area contributed by atoms with Crippen molar-refractivity contribution in [3.63, 3.8) is 0 Å². The third kappa shape index (κ3) is 3.28. The summed E-state index contributed by atoms with van der Waals surface area (Å²) in [4.78, 5) is 6.63. The van der Waals surface area contributed by atoms with Gasteiger partial charge in [-0.15, -0.1) is 0 Å². The van der Waals surface area contributed by atoms with Crippen molar-refractivity contribution >= 4 is 0 Å². The maximum absolute atomic E-state index is 5.68. The van der Waals surface area contributed by atoms with E-state index in [0.29, 0.717) is 30.8 Å². The van der Waals surface area contributed by atoms with Crippen LogP contribution >= 0.6 is 0 Å². The first-order chi connectivity index (χ1) is 8.72. The molecule has 2 N–H and O–H groups in total. The minimum atomic E-state index is -0.0702. The molecule has 6 nitrogen and oxygen atoms in total. The minimum Gasteiger partial charge on any atom is -0.367 e. The lowest BCUT2D eigenvalue weighted by atomic mass is 10.0. The van der Waals surface area contributed by atoms with Gasteiger partial charge in [0.15, 0.2) is 0 Å². The molecule has 18 heavy (non-hydrogen) atoms. The highest BCUT2D eigenvalue weighted by Crippen LogP contribution is 2.19. The minimum absolute atomic E-state index is 0.0702. The number of hydrogen-bond donors (Lipinski definition) is 1. The Kier molecular flexibility index (Phi) is 4.68. The van der Waals surface area contributed by atoms with Gasteiger partial charge in [0.2, 0.25) is 11.7 Å². The molecule has 1 aliphatic heterocycles. The molecule has 6 heteroatoms. The zero-order valence-electron chi connectivity index (χ0n) is 11.1. The van der Waals surface area contributed by atoms with Gasteiger partial charge < -0.3 is 19.9 Å². The van der Waals surface area contributed by atoms with E-state index < -0.39 is 0 Å². The molecule has 2 atom stereocenters. The second-order valence-electron chi connectivity index (χ2n) is 4.88. The molecule has 1 aliphatic rings. The van der Waals surface area contributed by atoms with Crippen molar-refractivity contribution in [1.29, 1.82) is 0 Å². The molecule has 0 spiro atoms. The summed E-state index contributed by atoms with van der Waals surface area (Å²) in [6.07, 6.45) is 1.71. The van der Waals surface area contributed by atoms with Gasteiger partial charge in [0.1, 0.15) is 6.10 Å². The van der Waals surface area contributed by atoms with E-state index in [-0.39, 0.29) is 6.10 Å². The maximum atomic E-state index is 5.68. The first-order valence-electron chi connectivity index (χ1n) is 6.55. The van der Waals surface area contributed by atoms with Crippen molar-refractivity contribution in [2.24, 2.45) is 11.7 Å². The van der Waals surface area contributed by atoms with Crippen molar-refractivity contribution < 1.29 is 9.26 Å². The molecular weight excluding hydrogens is 232 g/mol. The number of likely N-dealkylation sites (N-methyl/N-ethyl adjacent to an activating group) is 1. The Labute approximate surface area is 107 Å². The second kappa shape index (κ2) is 6.26. The number of morpholine rings is 1. The molecule has 1 fully saturated rings. The van der Waals surface area contributed by atoms with Gasteiger partial charge in [0.25, 0.3) is 0 Å². The number of aromatic nitrogens is 2. The number of nitrogens with zero attached hydrogens (tertiary/aromatic N) is 3. The molecule has 1 saturated heterocycles. The number of hydrogen-bond acceptors (Lipinski definition) is 6. The van der Waals surface area contributed by atoms with Crippen LogP contribution in [-0.4, -0.2) is 48.3 Å². The third-order valence-electron chi connectivity index (χ3n) is 3.42. The Hall–Kier alpha value is -0.980. The lowest BCUT2D eigenvalue weighted by molar-refractivity contribution is -0.0264. The predicted octanol–water partition coefficient (Wildman–Crippen LogP) is 0.600. The van der Waals surface area contributed by atoms with Crippen molar-refractivity contribution in [3.05, 3.63) is 11.7 Å². The number of ether oxygens (including phenoxy) is 1. The summed E-state index contributed by atoms with van der Waals surface area (Å²) in [5, 5.41) is 4.02. The Bertz CT molecular complexity index is 365. The highest BCUT2D eigenvalue weighted by molar-refractivity contribution is 4.94. The fraction of sp³-hybridized carbons (Fsp3) is 0.833. The van der Waals surface area contributed by atoms with Crippen molar-refractivity contribution in [2.75, 3.05) is 33.3 Å². The summed E-state index contributed by atoms with van der Waals surface area (Å²) in [5.41, 5.74) is 5.68. The van der Waals surface area contributed by atoms with Crippen LogP contribution in [0.1, 0.15) is 31.2 Å². The van der Waals surface area contributed by atoms with E-state index in [9.17, 15) is 0 Å². The normalized spacial score (nSPS) is 23.2. The zero-order chi connectivity index (χ0) is 13.0. The Balaban J connectivity index is 1.96. The van der Waals surface area contributed by atoms with Gasteiger partial charge in [0.05, 0.1) is 6.61 Å². The first kappa shape index (κ1) is 13.5. The van der Waals surface area contributed by atoms with Crippen LogP contribution in [0, 0.1) is 5.92 Å². The SMILES string of the molecule is CCC(CN)Cc1nc(C2CN(C)CCO2)no1. The number of nitrogens with two attached hydrogens (primary N) is 1. The van der Waals surface area contributed by atoms with Crippen LogP contribution in [-0.2, 0) is 11.2 Å². The van der Waals surface area contributed by atoms with Crippen LogP contribution < -0.4 is 5.73 Å². The Morgan fingerprint density at radius 2 is 2.39 bits per heavy atom. The van der Waals surface area contributed by atoms with E-state index in [4.69, 9.17) is 15.0 Å². The summed E-state index contributed by atoms with van der Waals surface area (Å²) >= 11 is 0. The average Bonchev–Trinajstić information content (AvgIpc) is 2.84. The lowest BCUT2D eigenvalue weighted by Crippen LogP contribution is -2.35. The highest BCUT2D eigenvalue weighted by Gasteiger charge is 2.24. The van der Waals surface area contributed by atoms with Crippen LogP contribution in [0.25, 0.3) is 0 Å². The second-order valence-corrected chi connectivity index (χ2v) is 4.88. The van der Waals surface area contributed by atoms with Gasteiger partial charge in [-0.05, 0) is 19.5 Å². The Morgan fingerprint density at radius 3 is 3.06 bits per heavy atom. The van der Waals surface area contributed by atoms with E-state index in [1.807, 2.05) is 0 Å². The molecular formula is C12H22N4O2. The first-order valence-corrected chi connectivity index (χ1v) is 6.55. The molecule has 2 unspecified atom stereocenters. The molecule has 0 amide bonds. The summed E-state index contributed by atoms with van der Waals surface area (Å²) in [5.74, 6) is 1.73. The van der Waals surface area contributed by atoms with Crippen molar-refractivity contribution in [1.82, 2.24) is 15.0 Å². The van der Waals surface area contributed by atoms with E-state index in [0.717, 1.165) is 25.9 Å². The predicted molar refractivity (Wildman–Crippen MR) is 67.0 cm³/mol. The molecule has 1 aromatic rings. The topological polar surface area (TPSA) is 77.4 Å². The van der Waals surface area contributed by atoms with Crippen molar-refractivity contribution in [2.45, 2.75) is 25.9 Å². The molecule has 0 aromatic carbocycles. The van der Waals surface area contributed by atoms with Gasteiger partial charge in [-0.25, -0.2) is 0 Å². The summed E-state index contributed by atoms with van der Waals surface area (Å²) in [7, 11) is 2.07. The van der Waals surface area contributed by atoms with E-state index >= 15 is 0 Å². The molecule has 0 radical (unpaired) electrons. The molecule has 0 saturated carbocycles. The van der Waals surface area contributed by atoms with Crippen LogP contribution in [0.2, 0.25) is 0 Å². The largest absolute Gasteiger partial charge is 0.367 e. The molecule has 0 aliphatic carbocycles. The average molecular weight is 254 g/mol. The van der Waals surface area contributed by atoms with Crippen LogP contribution in [0.5, 0.6) is 0 Å². The highest BCUT2D eigenvalue weighted by atomic mass is 16.5. The fourth-order valence-electron chi connectivity index (χ4n) is 2.06. The summed E-state index contributed by atoms with van der Waals surface area (Å²) in [6, 6.07) is 0. The van der Waals surface area contributed by atoms with Crippen LogP contribution in [0.3, 0.4) is 0 Å². The number of rotatable bonds is 5. The lowest BCUT2D eigenvalue weighted by Gasteiger charge is -2.27. The third-order valence-corrected chi connectivity index (χ3v) is 3.42. The van der Waals surface area contributed by atoms with Crippen molar-refractivity contribution in [3.8, 4) is 0 Å². The molecule has 1 aromatic heterocycles. The van der Waals surface area contributed by atoms with Gasteiger partial charge in [-0.1, -0.05) is 18.5 Å². The van der Waals surface area contributed by atoms with E-state index in [1.165, 1.54) is 0 Å². The molecule has 2 heterocycles. The Morgan fingerprint density at radius 1 is 1.56 bits per heavy atom. The van der Waals surface area contributed by atoms with Gasteiger partial charge in [0, 0.05) is 19.5 Å². The van der Waals surface area contributed by atoms with Gasteiger partial charge >= 0.3 is 0 Å².